The third kappa shape index (κ3) is 3.54. The van der Waals surface area contributed by atoms with Crippen molar-refractivity contribution in [1.82, 2.24) is 5.32 Å². The van der Waals surface area contributed by atoms with E-state index in [0.29, 0.717) is 13.2 Å². The molecule has 0 aliphatic heterocycles. The maximum atomic E-state index is 12.1. The van der Waals surface area contributed by atoms with Gasteiger partial charge in [0.2, 0.25) is 0 Å². The number of benzene rings is 2. The van der Waals surface area contributed by atoms with E-state index < -0.39 is 6.09 Å². The van der Waals surface area contributed by atoms with Crippen molar-refractivity contribution in [3.63, 3.8) is 0 Å². The Kier molecular flexibility index (Phi) is 5.09. The molecule has 4 heteroatoms. The molecule has 2 aromatic carbocycles. The van der Waals surface area contributed by atoms with Crippen LogP contribution in [0.4, 0.5) is 4.79 Å². The quantitative estimate of drug-likeness (QED) is 0.838. The molecule has 2 N–H and O–H groups in total. The second-order valence-electron chi connectivity index (χ2n) is 7.00. The van der Waals surface area contributed by atoms with Crippen LogP contribution >= 0.6 is 0 Å². The molecule has 132 valence electrons. The molecule has 4 nitrogen and oxygen atoms in total. The first-order valence-corrected chi connectivity index (χ1v) is 8.77. The molecule has 1 atom stereocenters. The fraction of sp³-hybridized carbons (Fsp3) is 0.381. The molecular formula is C21H25NO3. The first kappa shape index (κ1) is 17.5. The second kappa shape index (κ2) is 7.28. The Labute approximate surface area is 148 Å². The van der Waals surface area contributed by atoms with E-state index in [1.807, 2.05) is 38.1 Å². The predicted molar refractivity (Wildman–Crippen MR) is 98.6 cm³/mol. The third-order valence-electron chi connectivity index (χ3n) is 5.24. The van der Waals surface area contributed by atoms with Crippen molar-refractivity contribution >= 4 is 6.09 Å². The fourth-order valence-corrected chi connectivity index (χ4v) is 3.23. The highest BCUT2D eigenvalue weighted by Crippen LogP contribution is 2.44. The Balaban J connectivity index is 1.67. The van der Waals surface area contributed by atoms with Crippen molar-refractivity contribution in [3.8, 4) is 11.1 Å². The number of hydrogen-bond acceptors (Lipinski definition) is 3. The van der Waals surface area contributed by atoms with Crippen LogP contribution in [0.25, 0.3) is 11.1 Å². The first-order valence-electron chi connectivity index (χ1n) is 8.77. The molecule has 1 aliphatic rings. The Morgan fingerprint density at radius 1 is 1.12 bits per heavy atom. The van der Waals surface area contributed by atoms with Crippen LogP contribution in [0.2, 0.25) is 0 Å². The summed E-state index contributed by atoms with van der Waals surface area (Å²) >= 11 is 0. The molecule has 0 fully saturated rings. The van der Waals surface area contributed by atoms with Crippen molar-refractivity contribution < 1.29 is 14.6 Å². The largest absolute Gasteiger partial charge is 0.449 e. The van der Waals surface area contributed by atoms with Gasteiger partial charge in [-0.3, -0.25) is 0 Å². The van der Waals surface area contributed by atoms with E-state index in [4.69, 9.17) is 4.74 Å². The SMILES string of the molecule is CCC(C)(CO)CNC(=O)OCC1c2ccccc2-c2ccccc21. The van der Waals surface area contributed by atoms with Gasteiger partial charge in [-0.25, -0.2) is 4.79 Å². The second-order valence-corrected chi connectivity index (χ2v) is 7.00. The van der Waals surface area contributed by atoms with Gasteiger partial charge in [-0.15, -0.1) is 0 Å². The van der Waals surface area contributed by atoms with E-state index in [1.165, 1.54) is 22.3 Å². The summed E-state index contributed by atoms with van der Waals surface area (Å²) in [5, 5.41) is 12.2. The zero-order chi connectivity index (χ0) is 17.9. The summed E-state index contributed by atoms with van der Waals surface area (Å²) in [5.74, 6) is 0.0635. The number of aliphatic hydroxyl groups is 1. The number of carbonyl (C=O) groups is 1. The van der Waals surface area contributed by atoms with E-state index in [9.17, 15) is 9.90 Å². The van der Waals surface area contributed by atoms with Crippen molar-refractivity contribution in [2.45, 2.75) is 26.2 Å². The fourth-order valence-electron chi connectivity index (χ4n) is 3.23. The molecule has 1 unspecified atom stereocenters. The van der Waals surface area contributed by atoms with Gasteiger partial charge in [-0.2, -0.15) is 0 Å². The summed E-state index contributed by atoms with van der Waals surface area (Å²) in [6.07, 6.45) is 0.350. The van der Waals surface area contributed by atoms with Gasteiger partial charge in [0.05, 0.1) is 6.61 Å². The molecule has 3 rings (SSSR count). The average Bonchev–Trinajstić information content (AvgIpc) is 2.98. The highest BCUT2D eigenvalue weighted by Gasteiger charge is 2.29. The van der Waals surface area contributed by atoms with Gasteiger partial charge in [-0.05, 0) is 28.7 Å². The average molecular weight is 339 g/mol. The minimum atomic E-state index is -0.435. The number of nitrogens with one attached hydrogen (secondary N) is 1. The Morgan fingerprint density at radius 3 is 2.20 bits per heavy atom. The van der Waals surface area contributed by atoms with Gasteiger partial charge in [0.15, 0.2) is 0 Å². The maximum absolute atomic E-state index is 12.1. The van der Waals surface area contributed by atoms with E-state index >= 15 is 0 Å². The molecule has 0 saturated heterocycles. The summed E-state index contributed by atoms with van der Waals surface area (Å²) in [5.41, 5.74) is 4.51. The third-order valence-corrected chi connectivity index (χ3v) is 5.24. The molecule has 0 aromatic heterocycles. The van der Waals surface area contributed by atoms with Crippen LogP contribution in [0.3, 0.4) is 0 Å². The number of carbonyl (C=O) groups excluding carboxylic acids is 1. The van der Waals surface area contributed by atoms with Crippen LogP contribution in [0.1, 0.15) is 37.3 Å². The lowest BCUT2D eigenvalue weighted by Crippen LogP contribution is -2.38. The first-order chi connectivity index (χ1) is 12.1. The van der Waals surface area contributed by atoms with Crippen LogP contribution in [0, 0.1) is 5.41 Å². The number of rotatable bonds is 6. The van der Waals surface area contributed by atoms with E-state index in [2.05, 4.69) is 29.6 Å². The van der Waals surface area contributed by atoms with Crippen LogP contribution in [0.5, 0.6) is 0 Å². The molecule has 0 saturated carbocycles. The lowest BCUT2D eigenvalue weighted by Gasteiger charge is -2.25. The number of hydrogen-bond donors (Lipinski definition) is 2. The number of ether oxygens (including phenoxy) is 1. The lowest BCUT2D eigenvalue weighted by molar-refractivity contribution is 0.115. The summed E-state index contributed by atoms with van der Waals surface area (Å²) in [6.45, 7) is 4.68. The topological polar surface area (TPSA) is 58.6 Å². The molecule has 1 aliphatic carbocycles. The molecular weight excluding hydrogens is 314 g/mol. The highest BCUT2D eigenvalue weighted by atomic mass is 16.5. The minimum Gasteiger partial charge on any atom is -0.449 e. The van der Waals surface area contributed by atoms with Gasteiger partial charge in [0, 0.05) is 17.9 Å². The van der Waals surface area contributed by atoms with Crippen molar-refractivity contribution in [1.29, 1.82) is 0 Å². The van der Waals surface area contributed by atoms with E-state index in [1.54, 1.807) is 0 Å². The van der Waals surface area contributed by atoms with Gasteiger partial charge < -0.3 is 15.2 Å². The Bertz CT molecular complexity index is 707. The summed E-state index contributed by atoms with van der Waals surface area (Å²) < 4.78 is 5.49. The summed E-state index contributed by atoms with van der Waals surface area (Å²) in [6, 6.07) is 16.5. The summed E-state index contributed by atoms with van der Waals surface area (Å²) in [4.78, 5) is 12.1. The molecule has 0 heterocycles. The van der Waals surface area contributed by atoms with Crippen LogP contribution < -0.4 is 5.32 Å². The standard InChI is InChI=1S/C21H25NO3/c1-3-21(2,14-23)13-22-20(24)25-12-19-17-10-6-4-8-15(17)16-9-5-7-11-18(16)19/h4-11,19,23H,3,12-14H2,1-2H3,(H,22,24). The molecule has 0 radical (unpaired) electrons. The molecule has 2 aromatic rings. The highest BCUT2D eigenvalue weighted by molar-refractivity contribution is 5.79. The van der Waals surface area contributed by atoms with Crippen LogP contribution in [-0.2, 0) is 4.74 Å². The van der Waals surface area contributed by atoms with Crippen LogP contribution in [0.15, 0.2) is 48.5 Å². The Morgan fingerprint density at radius 2 is 1.68 bits per heavy atom. The maximum Gasteiger partial charge on any atom is 0.407 e. The Hall–Kier alpha value is -2.33. The molecule has 0 bridgehead atoms. The number of aliphatic hydroxyl groups excluding tert-OH is 1. The van der Waals surface area contributed by atoms with Gasteiger partial charge in [-0.1, -0.05) is 62.4 Å². The summed E-state index contributed by atoms with van der Waals surface area (Å²) in [7, 11) is 0. The number of amides is 1. The molecule has 1 amide bonds. The van der Waals surface area contributed by atoms with E-state index in [-0.39, 0.29) is 17.9 Å². The zero-order valence-corrected chi connectivity index (χ0v) is 14.8. The van der Waals surface area contributed by atoms with Crippen molar-refractivity contribution in [2.75, 3.05) is 19.8 Å². The minimum absolute atomic E-state index is 0.0349. The molecule has 0 spiro atoms. The zero-order valence-electron chi connectivity index (χ0n) is 14.8. The lowest BCUT2D eigenvalue weighted by atomic mass is 9.89. The molecule has 25 heavy (non-hydrogen) atoms. The van der Waals surface area contributed by atoms with Crippen molar-refractivity contribution in [3.05, 3.63) is 59.7 Å². The van der Waals surface area contributed by atoms with Crippen LogP contribution in [-0.4, -0.2) is 31.0 Å². The van der Waals surface area contributed by atoms with E-state index in [0.717, 1.165) is 6.42 Å². The normalized spacial score (nSPS) is 15.2. The number of alkyl carbamates (subject to hydrolysis) is 1. The van der Waals surface area contributed by atoms with Gasteiger partial charge in [0.1, 0.15) is 6.61 Å². The predicted octanol–water partition coefficient (Wildman–Crippen LogP) is 3.93. The van der Waals surface area contributed by atoms with Crippen molar-refractivity contribution in [2.24, 2.45) is 5.41 Å². The monoisotopic (exact) mass is 339 g/mol. The van der Waals surface area contributed by atoms with Gasteiger partial charge >= 0.3 is 6.09 Å². The number of fused-ring (bicyclic) bond motifs is 3. The van der Waals surface area contributed by atoms with Gasteiger partial charge in [0.25, 0.3) is 0 Å². The smallest absolute Gasteiger partial charge is 0.407 e.